The zero-order chi connectivity index (χ0) is 19.1. The smallest absolute Gasteiger partial charge is 0.220 e. The van der Waals surface area contributed by atoms with Gasteiger partial charge in [-0.1, -0.05) is 0 Å². The lowest BCUT2D eigenvalue weighted by atomic mass is 9.91. The SMILES string of the molecule is CC1=CC2=C(C)CC=NN2C=C1c1ccc[n+](C)c1-c1ccc(F)c(C)c1. The van der Waals surface area contributed by atoms with Gasteiger partial charge in [0.15, 0.2) is 6.20 Å². The second-order valence-corrected chi connectivity index (χ2v) is 7.23. The first kappa shape index (κ1) is 17.4. The number of hydrogen-bond acceptors (Lipinski definition) is 2. The number of fused-ring (bicyclic) bond motifs is 1. The van der Waals surface area contributed by atoms with Crippen LogP contribution in [0.25, 0.3) is 16.8 Å². The Bertz CT molecular complexity index is 1060. The number of hydrogen-bond donors (Lipinski definition) is 0. The van der Waals surface area contributed by atoms with Crippen molar-refractivity contribution in [3.05, 3.63) is 82.6 Å². The van der Waals surface area contributed by atoms with Crippen LogP contribution in [0.4, 0.5) is 4.39 Å². The van der Waals surface area contributed by atoms with E-state index < -0.39 is 0 Å². The number of hydrazone groups is 1. The van der Waals surface area contributed by atoms with Gasteiger partial charge in [0.1, 0.15) is 12.9 Å². The van der Waals surface area contributed by atoms with Crippen molar-refractivity contribution in [3.63, 3.8) is 0 Å². The van der Waals surface area contributed by atoms with Crippen molar-refractivity contribution in [2.75, 3.05) is 0 Å². The Kier molecular flexibility index (Phi) is 4.27. The number of allylic oxidation sites excluding steroid dienone is 4. The largest absolute Gasteiger partial charge is 0.241 e. The van der Waals surface area contributed by atoms with E-state index in [2.05, 4.69) is 41.9 Å². The Morgan fingerprint density at radius 3 is 2.74 bits per heavy atom. The van der Waals surface area contributed by atoms with Gasteiger partial charge < -0.3 is 0 Å². The minimum atomic E-state index is -0.181. The van der Waals surface area contributed by atoms with Crippen molar-refractivity contribution in [1.82, 2.24) is 5.01 Å². The van der Waals surface area contributed by atoms with E-state index in [1.807, 2.05) is 42.7 Å². The lowest BCUT2D eigenvalue weighted by Gasteiger charge is -2.28. The third kappa shape index (κ3) is 3.01. The Morgan fingerprint density at radius 1 is 1.15 bits per heavy atom. The fourth-order valence-corrected chi connectivity index (χ4v) is 3.69. The highest BCUT2D eigenvalue weighted by Crippen LogP contribution is 2.36. The second-order valence-electron chi connectivity index (χ2n) is 7.23. The molecule has 0 fully saturated rings. The monoisotopic (exact) mass is 360 g/mol. The molecule has 2 aliphatic rings. The molecule has 0 N–H and O–H groups in total. The molecular formula is C23H23FN3+. The molecular weight excluding hydrogens is 337 g/mol. The average Bonchev–Trinajstić information content (AvgIpc) is 2.64. The van der Waals surface area contributed by atoms with Gasteiger partial charge in [0, 0.05) is 36.0 Å². The van der Waals surface area contributed by atoms with Gasteiger partial charge in [-0.3, -0.25) is 0 Å². The summed E-state index contributed by atoms with van der Waals surface area (Å²) in [6.45, 7) is 6.08. The van der Waals surface area contributed by atoms with Crippen LogP contribution >= 0.6 is 0 Å². The molecule has 4 rings (SSSR count). The molecule has 0 unspecified atom stereocenters. The molecule has 136 valence electrons. The summed E-state index contributed by atoms with van der Waals surface area (Å²) < 4.78 is 15.9. The van der Waals surface area contributed by atoms with E-state index in [1.165, 1.54) is 11.1 Å². The van der Waals surface area contributed by atoms with E-state index in [0.29, 0.717) is 5.56 Å². The van der Waals surface area contributed by atoms with Crippen LogP contribution < -0.4 is 4.57 Å². The first-order chi connectivity index (χ1) is 13.0. The molecule has 4 heteroatoms. The zero-order valence-corrected chi connectivity index (χ0v) is 16.1. The van der Waals surface area contributed by atoms with Gasteiger partial charge in [-0.2, -0.15) is 5.10 Å². The topological polar surface area (TPSA) is 19.5 Å². The van der Waals surface area contributed by atoms with E-state index in [-0.39, 0.29) is 5.82 Å². The summed E-state index contributed by atoms with van der Waals surface area (Å²) in [7, 11) is 2.02. The number of benzene rings is 1. The van der Waals surface area contributed by atoms with E-state index in [9.17, 15) is 4.39 Å². The number of pyridine rings is 1. The van der Waals surface area contributed by atoms with Crippen LogP contribution in [0.15, 0.2) is 70.7 Å². The minimum Gasteiger partial charge on any atom is -0.241 e. The number of aromatic nitrogens is 1. The maximum atomic E-state index is 13.8. The molecule has 2 aromatic rings. The third-order valence-electron chi connectivity index (χ3n) is 5.22. The van der Waals surface area contributed by atoms with Gasteiger partial charge in [0.2, 0.25) is 5.69 Å². The molecule has 27 heavy (non-hydrogen) atoms. The summed E-state index contributed by atoms with van der Waals surface area (Å²) in [5, 5.41) is 6.49. The Balaban J connectivity index is 1.90. The Hall–Kier alpha value is -3.01. The molecule has 0 aliphatic carbocycles. The number of nitrogens with zero attached hydrogens (tertiary/aromatic N) is 3. The van der Waals surface area contributed by atoms with E-state index in [4.69, 9.17) is 0 Å². The summed E-state index contributed by atoms with van der Waals surface area (Å²) in [5.74, 6) is -0.181. The highest BCUT2D eigenvalue weighted by atomic mass is 19.1. The predicted octanol–water partition coefficient (Wildman–Crippen LogP) is 4.89. The zero-order valence-electron chi connectivity index (χ0n) is 16.1. The first-order valence-corrected chi connectivity index (χ1v) is 9.13. The van der Waals surface area contributed by atoms with Crippen molar-refractivity contribution < 1.29 is 8.96 Å². The van der Waals surface area contributed by atoms with Crippen molar-refractivity contribution in [3.8, 4) is 11.3 Å². The van der Waals surface area contributed by atoms with Crippen LogP contribution in [-0.2, 0) is 7.05 Å². The molecule has 0 saturated heterocycles. The molecule has 1 aromatic heterocycles. The summed E-state index contributed by atoms with van der Waals surface area (Å²) in [6, 6.07) is 9.45. The van der Waals surface area contributed by atoms with Crippen LogP contribution in [0.1, 0.15) is 31.4 Å². The van der Waals surface area contributed by atoms with Gasteiger partial charge in [0.05, 0.1) is 11.3 Å². The maximum Gasteiger partial charge on any atom is 0.220 e. The maximum absolute atomic E-state index is 13.8. The molecule has 2 aliphatic heterocycles. The van der Waals surface area contributed by atoms with E-state index in [1.54, 1.807) is 13.0 Å². The summed E-state index contributed by atoms with van der Waals surface area (Å²) >= 11 is 0. The summed E-state index contributed by atoms with van der Waals surface area (Å²) in [4.78, 5) is 0. The van der Waals surface area contributed by atoms with Gasteiger partial charge in [-0.25, -0.2) is 14.0 Å². The van der Waals surface area contributed by atoms with Crippen LogP contribution in [0, 0.1) is 12.7 Å². The van der Waals surface area contributed by atoms with Gasteiger partial charge in [-0.05, 0) is 67.8 Å². The number of aryl methyl sites for hydroxylation is 2. The standard InChI is InChI=1S/C23H23FN3/c1-15-9-10-25-27-14-20(16(2)13-22(15)27)19-6-5-11-26(4)23(19)18-7-8-21(24)17(3)12-18/h5-8,10-14H,9H2,1-4H3/q+1. The highest BCUT2D eigenvalue weighted by Gasteiger charge is 2.25. The summed E-state index contributed by atoms with van der Waals surface area (Å²) in [6.07, 6.45) is 9.15. The summed E-state index contributed by atoms with van der Waals surface area (Å²) in [5.41, 5.74) is 8.60. The lowest BCUT2D eigenvalue weighted by Crippen LogP contribution is -2.32. The number of halogens is 1. The predicted molar refractivity (Wildman–Crippen MR) is 107 cm³/mol. The molecule has 0 bridgehead atoms. The van der Waals surface area contributed by atoms with Gasteiger partial charge >= 0.3 is 0 Å². The highest BCUT2D eigenvalue weighted by molar-refractivity contribution is 5.87. The number of rotatable bonds is 2. The van der Waals surface area contributed by atoms with Gasteiger partial charge in [-0.15, -0.1) is 0 Å². The molecule has 0 spiro atoms. The molecule has 0 radical (unpaired) electrons. The average molecular weight is 360 g/mol. The molecule has 3 nitrogen and oxygen atoms in total. The quantitative estimate of drug-likeness (QED) is 0.698. The van der Waals surface area contributed by atoms with E-state index in [0.717, 1.165) is 34.5 Å². The fourth-order valence-electron chi connectivity index (χ4n) is 3.69. The first-order valence-electron chi connectivity index (χ1n) is 9.13. The second kappa shape index (κ2) is 6.62. The molecule has 0 atom stereocenters. The van der Waals surface area contributed by atoms with Crippen molar-refractivity contribution >= 4 is 11.8 Å². The van der Waals surface area contributed by atoms with Gasteiger partial charge in [0.25, 0.3) is 0 Å². The minimum absolute atomic E-state index is 0.181. The molecule has 0 saturated carbocycles. The molecule has 3 heterocycles. The fraction of sp³-hybridized carbons (Fsp3) is 0.217. The van der Waals surface area contributed by atoms with E-state index >= 15 is 0 Å². The van der Waals surface area contributed by atoms with Crippen LogP contribution in [0.2, 0.25) is 0 Å². The molecule has 1 aromatic carbocycles. The third-order valence-corrected chi connectivity index (χ3v) is 5.22. The normalized spacial score (nSPS) is 16.3. The lowest BCUT2D eigenvalue weighted by molar-refractivity contribution is -0.660. The van der Waals surface area contributed by atoms with Crippen molar-refractivity contribution in [1.29, 1.82) is 0 Å². The van der Waals surface area contributed by atoms with Crippen molar-refractivity contribution in [2.45, 2.75) is 27.2 Å². The van der Waals surface area contributed by atoms with Crippen LogP contribution in [0.5, 0.6) is 0 Å². The Morgan fingerprint density at radius 2 is 1.96 bits per heavy atom. The van der Waals surface area contributed by atoms with Crippen molar-refractivity contribution in [2.24, 2.45) is 12.1 Å². The Labute approximate surface area is 159 Å². The van der Waals surface area contributed by atoms with Crippen LogP contribution in [-0.4, -0.2) is 11.2 Å². The molecule has 0 amide bonds. The van der Waals surface area contributed by atoms with Crippen LogP contribution in [0.3, 0.4) is 0 Å².